The van der Waals surface area contributed by atoms with E-state index in [4.69, 9.17) is 0 Å². The van der Waals surface area contributed by atoms with Gasteiger partial charge >= 0.3 is 0 Å². The molecule has 1 fully saturated rings. The number of hydrogen-bond donors (Lipinski definition) is 0. The van der Waals surface area contributed by atoms with E-state index in [-0.39, 0.29) is 5.91 Å². The van der Waals surface area contributed by atoms with E-state index in [0.29, 0.717) is 12.1 Å². The molecule has 112 valence electrons. The third-order valence-electron chi connectivity index (χ3n) is 4.17. The molecule has 1 aliphatic heterocycles. The summed E-state index contributed by atoms with van der Waals surface area (Å²) in [6.07, 6.45) is 2.15. The van der Waals surface area contributed by atoms with Gasteiger partial charge in [-0.25, -0.2) is 0 Å². The fourth-order valence-electron chi connectivity index (χ4n) is 2.69. The van der Waals surface area contributed by atoms with Gasteiger partial charge in [0.15, 0.2) is 0 Å². The lowest BCUT2D eigenvalue weighted by Crippen LogP contribution is -2.47. The van der Waals surface area contributed by atoms with E-state index in [0.717, 1.165) is 40.2 Å². The number of rotatable bonds is 3. The van der Waals surface area contributed by atoms with Gasteiger partial charge in [-0.1, -0.05) is 0 Å². The normalized spacial score (nSPS) is 17.7. The largest absolute Gasteiger partial charge is 0.338 e. The standard InChI is InChI=1S/C15H23BrN2OS/c1-10(2)18-7-5-12(6-8-18)17(4)15(19)13-9-11(3)14(16)20-13/h9-10,12H,5-8H2,1-4H3. The SMILES string of the molecule is Cc1cc(C(=O)N(C)C2CCN(C(C)C)CC2)sc1Br. The van der Waals surface area contributed by atoms with Gasteiger partial charge in [-0.15, -0.1) is 11.3 Å². The molecule has 1 aromatic rings. The van der Waals surface area contributed by atoms with Crippen molar-refractivity contribution in [2.24, 2.45) is 0 Å². The molecule has 0 unspecified atom stereocenters. The lowest BCUT2D eigenvalue weighted by Gasteiger charge is -2.38. The highest BCUT2D eigenvalue weighted by atomic mass is 79.9. The number of halogens is 1. The smallest absolute Gasteiger partial charge is 0.263 e. The molecule has 20 heavy (non-hydrogen) atoms. The Hall–Kier alpha value is -0.390. The third-order valence-corrected chi connectivity index (χ3v) is 6.29. The van der Waals surface area contributed by atoms with Crippen LogP contribution in [0.25, 0.3) is 0 Å². The van der Waals surface area contributed by atoms with Crippen molar-refractivity contribution >= 4 is 33.2 Å². The Balaban J connectivity index is 1.98. The summed E-state index contributed by atoms with van der Waals surface area (Å²) in [5.41, 5.74) is 1.14. The first-order chi connectivity index (χ1) is 9.40. The van der Waals surface area contributed by atoms with Crippen LogP contribution < -0.4 is 0 Å². The average Bonchev–Trinajstić information content (AvgIpc) is 2.77. The molecule has 0 spiro atoms. The second kappa shape index (κ2) is 6.58. The monoisotopic (exact) mass is 358 g/mol. The molecule has 1 amide bonds. The summed E-state index contributed by atoms with van der Waals surface area (Å²) in [5, 5.41) is 0. The number of likely N-dealkylation sites (tertiary alicyclic amines) is 1. The minimum absolute atomic E-state index is 0.159. The van der Waals surface area contributed by atoms with Crippen LogP contribution in [0.4, 0.5) is 0 Å². The zero-order valence-electron chi connectivity index (χ0n) is 12.6. The van der Waals surface area contributed by atoms with Crippen molar-refractivity contribution in [3.8, 4) is 0 Å². The Morgan fingerprint density at radius 1 is 1.45 bits per heavy atom. The third kappa shape index (κ3) is 3.43. The molecule has 0 aromatic carbocycles. The summed E-state index contributed by atoms with van der Waals surface area (Å²) in [6.45, 7) is 8.68. The van der Waals surface area contributed by atoms with Crippen molar-refractivity contribution in [1.29, 1.82) is 0 Å². The van der Waals surface area contributed by atoms with Crippen LogP contribution in [0.2, 0.25) is 0 Å². The molecular formula is C15H23BrN2OS. The molecule has 1 aromatic heterocycles. The first kappa shape index (κ1) is 16.0. The molecule has 1 saturated heterocycles. The van der Waals surface area contributed by atoms with Gasteiger partial charge < -0.3 is 9.80 Å². The molecule has 3 nitrogen and oxygen atoms in total. The van der Waals surface area contributed by atoms with Gasteiger partial charge in [0.2, 0.25) is 0 Å². The van der Waals surface area contributed by atoms with Crippen molar-refractivity contribution in [3.05, 3.63) is 20.3 Å². The number of hydrogen-bond acceptors (Lipinski definition) is 3. The first-order valence-electron chi connectivity index (χ1n) is 7.17. The van der Waals surface area contributed by atoms with E-state index in [9.17, 15) is 4.79 Å². The van der Waals surface area contributed by atoms with Gasteiger partial charge in [-0.05, 0) is 61.2 Å². The molecular weight excluding hydrogens is 336 g/mol. The number of carbonyl (C=O) groups is 1. The van der Waals surface area contributed by atoms with E-state index < -0.39 is 0 Å². The lowest BCUT2D eigenvalue weighted by atomic mass is 10.0. The van der Waals surface area contributed by atoms with Crippen LogP contribution >= 0.6 is 27.3 Å². The second-order valence-electron chi connectivity index (χ2n) is 5.84. The molecule has 1 aliphatic rings. The molecule has 0 N–H and O–H groups in total. The van der Waals surface area contributed by atoms with Crippen LogP contribution in [-0.4, -0.2) is 47.9 Å². The fraction of sp³-hybridized carbons (Fsp3) is 0.667. The molecule has 2 heterocycles. The summed E-state index contributed by atoms with van der Waals surface area (Å²) in [6, 6.07) is 2.96. The van der Waals surface area contributed by atoms with E-state index in [2.05, 4.69) is 34.7 Å². The Morgan fingerprint density at radius 2 is 2.05 bits per heavy atom. The van der Waals surface area contributed by atoms with Gasteiger partial charge in [0.05, 0.1) is 8.66 Å². The van der Waals surface area contributed by atoms with Crippen molar-refractivity contribution in [3.63, 3.8) is 0 Å². The molecule has 0 saturated carbocycles. The van der Waals surface area contributed by atoms with Gasteiger partial charge in [-0.2, -0.15) is 0 Å². The highest BCUT2D eigenvalue weighted by Crippen LogP contribution is 2.29. The van der Waals surface area contributed by atoms with Crippen LogP contribution in [0.1, 0.15) is 41.9 Å². The Morgan fingerprint density at radius 3 is 2.50 bits per heavy atom. The summed E-state index contributed by atoms with van der Waals surface area (Å²) in [5.74, 6) is 0.159. The molecule has 2 rings (SSSR count). The number of nitrogens with zero attached hydrogens (tertiary/aromatic N) is 2. The van der Waals surface area contributed by atoms with Crippen molar-refractivity contribution in [2.75, 3.05) is 20.1 Å². The van der Waals surface area contributed by atoms with E-state index in [1.807, 2.05) is 24.9 Å². The number of carbonyl (C=O) groups excluding carboxylic acids is 1. The fourth-order valence-corrected chi connectivity index (χ4v) is 4.21. The molecule has 0 aliphatic carbocycles. The number of piperidine rings is 1. The summed E-state index contributed by atoms with van der Waals surface area (Å²) in [7, 11) is 1.95. The average molecular weight is 359 g/mol. The van der Waals surface area contributed by atoms with Crippen molar-refractivity contribution in [1.82, 2.24) is 9.80 Å². The second-order valence-corrected chi connectivity index (χ2v) is 8.21. The van der Waals surface area contributed by atoms with Crippen LogP contribution in [0.15, 0.2) is 9.85 Å². The predicted molar refractivity (Wildman–Crippen MR) is 88.6 cm³/mol. The quantitative estimate of drug-likeness (QED) is 0.820. The van der Waals surface area contributed by atoms with Crippen LogP contribution in [0.3, 0.4) is 0 Å². The Labute approximate surface area is 134 Å². The number of amides is 1. The maximum atomic E-state index is 12.5. The first-order valence-corrected chi connectivity index (χ1v) is 8.78. The number of thiophene rings is 1. The summed E-state index contributed by atoms with van der Waals surface area (Å²) < 4.78 is 1.06. The zero-order valence-corrected chi connectivity index (χ0v) is 15.1. The molecule has 0 bridgehead atoms. The highest BCUT2D eigenvalue weighted by molar-refractivity contribution is 9.11. The van der Waals surface area contributed by atoms with Gasteiger partial charge in [-0.3, -0.25) is 4.79 Å². The summed E-state index contributed by atoms with van der Waals surface area (Å²) >= 11 is 5.03. The zero-order chi connectivity index (χ0) is 14.9. The highest BCUT2D eigenvalue weighted by Gasteiger charge is 2.27. The Bertz CT molecular complexity index is 459. The van der Waals surface area contributed by atoms with Crippen LogP contribution in [0.5, 0.6) is 0 Å². The van der Waals surface area contributed by atoms with Crippen molar-refractivity contribution in [2.45, 2.75) is 45.7 Å². The molecule has 0 radical (unpaired) electrons. The molecule has 5 heteroatoms. The maximum absolute atomic E-state index is 12.5. The van der Waals surface area contributed by atoms with E-state index in [1.54, 1.807) is 0 Å². The topological polar surface area (TPSA) is 23.6 Å². The summed E-state index contributed by atoms with van der Waals surface area (Å²) in [4.78, 5) is 17.8. The van der Waals surface area contributed by atoms with E-state index in [1.165, 1.54) is 11.3 Å². The van der Waals surface area contributed by atoms with Crippen LogP contribution in [0, 0.1) is 6.92 Å². The molecule has 0 atom stereocenters. The predicted octanol–water partition coefficient (Wildman–Crippen LogP) is 3.76. The van der Waals surface area contributed by atoms with Gasteiger partial charge in [0, 0.05) is 32.2 Å². The minimum Gasteiger partial charge on any atom is -0.338 e. The van der Waals surface area contributed by atoms with E-state index >= 15 is 0 Å². The maximum Gasteiger partial charge on any atom is 0.263 e. The van der Waals surface area contributed by atoms with Gasteiger partial charge in [0.25, 0.3) is 5.91 Å². The lowest BCUT2D eigenvalue weighted by molar-refractivity contribution is 0.0620. The van der Waals surface area contributed by atoms with Crippen LogP contribution in [-0.2, 0) is 0 Å². The van der Waals surface area contributed by atoms with Gasteiger partial charge in [0.1, 0.15) is 0 Å². The Kier molecular flexibility index (Phi) is 5.26. The number of aryl methyl sites for hydroxylation is 1. The minimum atomic E-state index is 0.159. The van der Waals surface area contributed by atoms with Crippen molar-refractivity contribution < 1.29 is 4.79 Å².